The van der Waals surface area contributed by atoms with Crippen molar-refractivity contribution in [2.75, 3.05) is 0 Å². The van der Waals surface area contributed by atoms with E-state index in [1.807, 2.05) is 0 Å². The van der Waals surface area contributed by atoms with Crippen molar-refractivity contribution in [1.29, 1.82) is 0 Å². The Kier molecular flexibility index (Phi) is 3.91. The number of hydrogen-bond acceptors (Lipinski definition) is 1. The third kappa shape index (κ3) is 3.48. The molecule has 1 nitrogen and oxygen atoms in total. The van der Waals surface area contributed by atoms with Gasteiger partial charge in [0.1, 0.15) is 5.82 Å². The molecule has 0 spiro atoms. The minimum Gasteiger partial charge on any atom is -0.328 e. The fraction of sp³-hybridized carbons (Fsp3) is 0.455. The summed E-state index contributed by atoms with van der Waals surface area (Å²) in [6.45, 7) is 1.72. The second-order valence-corrected chi connectivity index (χ2v) is 3.82. The molecule has 0 radical (unpaired) electrons. The average molecular weight is 235 g/mol. The highest BCUT2D eigenvalue weighted by Gasteiger charge is 2.33. The van der Waals surface area contributed by atoms with Gasteiger partial charge >= 0.3 is 6.18 Å². The van der Waals surface area contributed by atoms with E-state index in [-0.39, 0.29) is 18.0 Å². The van der Waals surface area contributed by atoms with Gasteiger partial charge in [0, 0.05) is 6.04 Å². The Morgan fingerprint density at radius 1 is 1.31 bits per heavy atom. The summed E-state index contributed by atoms with van der Waals surface area (Å²) in [4.78, 5) is 0. The van der Waals surface area contributed by atoms with E-state index in [0.717, 1.165) is 6.07 Å². The van der Waals surface area contributed by atoms with Crippen LogP contribution in [0.2, 0.25) is 0 Å². The minimum absolute atomic E-state index is 0.0891. The van der Waals surface area contributed by atoms with E-state index in [9.17, 15) is 17.6 Å². The second-order valence-electron chi connectivity index (χ2n) is 3.82. The summed E-state index contributed by atoms with van der Waals surface area (Å²) in [6.07, 6.45) is -3.88. The molecule has 0 amide bonds. The lowest BCUT2D eigenvalue weighted by Crippen LogP contribution is -2.17. The van der Waals surface area contributed by atoms with Crippen LogP contribution in [0.15, 0.2) is 18.2 Å². The van der Waals surface area contributed by atoms with Gasteiger partial charge in [-0.2, -0.15) is 13.2 Å². The summed E-state index contributed by atoms with van der Waals surface area (Å²) in [5.74, 6) is -0.878. The molecule has 90 valence electrons. The van der Waals surface area contributed by atoms with Gasteiger partial charge < -0.3 is 5.73 Å². The van der Waals surface area contributed by atoms with Crippen LogP contribution in [0.1, 0.15) is 24.5 Å². The van der Waals surface area contributed by atoms with Gasteiger partial charge in [0.25, 0.3) is 0 Å². The lowest BCUT2D eigenvalue weighted by atomic mass is 10.0. The third-order valence-electron chi connectivity index (χ3n) is 2.25. The summed E-state index contributed by atoms with van der Waals surface area (Å²) >= 11 is 0. The Hall–Kier alpha value is -1.10. The van der Waals surface area contributed by atoms with Gasteiger partial charge in [0.15, 0.2) is 0 Å². The molecule has 0 unspecified atom stereocenters. The van der Waals surface area contributed by atoms with Crippen molar-refractivity contribution in [2.45, 2.75) is 32.0 Å². The molecular weight excluding hydrogens is 222 g/mol. The maximum atomic E-state index is 12.8. The van der Waals surface area contributed by atoms with Crippen molar-refractivity contribution >= 4 is 0 Å². The zero-order chi connectivity index (χ0) is 12.3. The van der Waals surface area contributed by atoms with Crippen molar-refractivity contribution in [2.24, 2.45) is 5.73 Å². The lowest BCUT2D eigenvalue weighted by molar-refractivity contribution is -0.138. The van der Waals surface area contributed by atoms with Gasteiger partial charge in [-0.1, -0.05) is 6.07 Å². The quantitative estimate of drug-likeness (QED) is 0.800. The molecule has 1 aromatic carbocycles. The standard InChI is InChI=1S/C11H13F4N/c1-7(16)2-3-8-4-5-9(12)6-10(8)11(13,14)15/h4-7H,2-3,16H2,1H3/t7-/m0/s1. The zero-order valence-electron chi connectivity index (χ0n) is 8.81. The highest BCUT2D eigenvalue weighted by Crippen LogP contribution is 2.33. The molecule has 16 heavy (non-hydrogen) atoms. The number of aryl methyl sites for hydroxylation is 1. The molecule has 0 aromatic heterocycles. The number of halogens is 4. The molecule has 0 aliphatic rings. The molecule has 1 rings (SSSR count). The Bertz CT molecular complexity index is 357. The van der Waals surface area contributed by atoms with Crippen LogP contribution in [0.25, 0.3) is 0 Å². The van der Waals surface area contributed by atoms with Crippen LogP contribution in [-0.2, 0) is 12.6 Å². The topological polar surface area (TPSA) is 26.0 Å². The molecule has 1 atom stereocenters. The number of rotatable bonds is 3. The van der Waals surface area contributed by atoms with Gasteiger partial charge in [-0.05, 0) is 37.5 Å². The fourth-order valence-electron chi connectivity index (χ4n) is 1.41. The zero-order valence-corrected chi connectivity index (χ0v) is 8.81. The maximum absolute atomic E-state index is 12.8. The molecule has 1 aromatic rings. The van der Waals surface area contributed by atoms with Crippen LogP contribution in [0.5, 0.6) is 0 Å². The van der Waals surface area contributed by atoms with Crippen LogP contribution in [0.4, 0.5) is 17.6 Å². The van der Waals surface area contributed by atoms with E-state index < -0.39 is 17.6 Å². The van der Waals surface area contributed by atoms with E-state index in [0.29, 0.717) is 12.5 Å². The summed E-state index contributed by atoms with van der Waals surface area (Å²) in [5.41, 5.74) is 4.65. The lowest BCUT2D eigenvalue weighted by Gasteiger charge is -2.13. The Morgan fingerprint density at radius 3 is 2.44 bits per heavy atom. The summed E-state index contributed by atoms with van der Waals surface area (Å²) in [7, 11) is 0. The maximum Gasteiger partial charge on any atom is 0.416 e. The summed E-state index contributed by atoms with van der Waals surface area (Å²) < 4.78 is 50.4. The van der Waals surface area contributed by atoms with Gasteiger partial charge in [-0.15, -0.1) is 0 Å². The van der Waals surface area contributed by atoms with Gasteiger partial charge in [-0.25, -0.2) is 4.39 Å². The van der Waals surface area contributed by atoms with Crippen molar-refractivity contribution in [3.8, 4) is 0 Å². The largest absolute Gasteiger partial charge is 0.416 e. The molecule has 0 saturated carbocycles. The minimum atomic E-state index is -4.52. The first-order valence-corrected chi connectivity index (χ1v) is 4.92. The highest BCUT2D eigenvalue weighted by molar-refractivity contribution is 5.30. The summed E-state index contributed by atoms with van der Waals surface area (Å²) in [5, 5.41) is 0. The smallest absolute Gasteiger partial charge is 0.328 e. The van der Waals surface area contributed by atoms with E-state index in [1.165, 1.54) is 6.07 Å². The van der Waals surface area contributed by atoms with Crippen LogP contribution < -0.4 is 5.73 Å². The molecular formula is C11H13F4N. The van der Waals surface area contributed by atoms with Crippen molar-refractivity contribution in [3.05, 3.63) is 35.1 Å². The third-order valence-corrected chi connectivity index (χ3v) is 2.25. The van der Waals surface area contributed by atoms with E-state index in [2.05, 4.69) is 0 Å². The Labute approximate surface area is 91.3 Å². The average Bonchev–Trinajstić information content (AvgIpc) is 2.14. The van der Waals surface area contributed by atoms with Crippen LogP contribution in [-0.4, -0.2) is 6.04 Å². The first-order valence-electron chi connectivity index (χ1n) is 4.92. The van der Waals surface area contributed by atoms with Gasteiger partial charge in [0.05, 0.1) is 5.56 Å². The molecule has 0 aliphatic carbocycles. The van der Waals surface area contributed by atoms with E-state index >= 15 is 0 Å². The van der Waals surface area contributed by atoms with Crippen LogP contribution in [0.3, 0.4) is 0 Å². The summed E-state index contributed by atoms with van der Waals surface area (Å²) in [6, 6.07) is 2.55. The van der Waals surface area contributed by atoms with Crippen LogP contribution in [0, 0.1) is 5.82 Å². The molecule has 0 aliphatic heterocycles. The van der Waals surface area contributed by atoms with Gasteiger partial charge in [-0.3, -0.25) is 0 Å². The predicted molar refractivity (Wildman–Crippen MR) is 53.4 cm³/mol. The Balaban J connectivity index is 2.99. The number of hydrogen-bond donors (Lipinski definition) is 1. The first-order chi connectivity index (χ1) is 7.30. The number of nitrogens with two attached hydrogens (primary N) is 1. The monoisotopic (exact) mass is 235 g/mol. The van der Waals surface area contributed by atoms with E-state index in [1.54, 1.807) is 6.92 Å². The number of benzene rings is 1. The molecule has 0 heterocycles. The first kappa shape index (κ1) is 13.0. The van der Waals surface area contributed by atoms with Gasteiger partial charge in [0.2, 0.25) is 0 Å². The Morgan fingerprint density at radius 2 is 1.94 bits per heavy atom. The molecule has 5 heteroatoms. The molecule has 0 saturated heterocycles. The fourth-order valence-corrected chi connectivity index (χ4v) is 1.41. The van der Waals surface area contributed by atoms with Crippen molar-refractivity contribution in [1.82, 2.24) is 0 Å². The highest BCUT2D eigenvalue weighted by atomic mass is 19.4. The predicted octanol–water partition coefficient (Wildman–Crippen LogP) is 3.12. The second kappa shape index (κ2) is 4.82. The normalized spacial score (nSPS) is 13.9. The van der Waals surface area contributed by atoms with Crippen molar-refractivity contribution < 1.29 is 17.6 Å². The van der Waals surface area contributed by atoms with E-state index in [4.69, 9.17) is 5.73 Å². The number of alkyl halides is 3. The molecule has 0 fully saturated rings. The van der Waals surface area contributed by atoms with Crippen LogP contribution >= 0.6 is 0 Å². The molecule has 0 bridgehead atoms. The van der Waals surface area contributed by atoms with Crippen molar-refractivity contribution in [3.63, 3.8) is 0 Å². The SMILES string of the molecule is C[C@H](N)CCc1ccc(F)cc1C(F)(F)F. The molecule has 2 N–H and O–H groups in total.